The molecule has 3 aromatic rings. The highest BCUT2D eigenvalue weighted by molar-refractivity contribution is 5.79. The number of piperidine rings is 1. The van der Waals surface area contributed by atoms with Crippen molar-refractivity contribution >= 4 is 5.91 Å². The number of halogens is 1. The van der Waals surface area contributed by atoms with Gasteiger partial charge in [0.25, 0.3) is 0 Å². The van der Waals surface area contributed by atoms with Crippen molar-refractivity contribution < 1.29 is 13.9 Å². The fraction of sp³-hybridized carbons (Fsp3) is 0.345. The highest BCUT2D eigenvalue weighted by Gasteiger charge is 2.32. The number of aryl methyl sites for hydroxylation is 1. The smallest absolute Gasteiger partial charge is 0.224 e. The zero-order chi connectivity index (χ0) is 23.9. The van der Waals surface area contributed by atoms with Gasteiger partial charge in [-0.3, -0.25) is 9.69 Å². The third-order valence-corrected chi connectivity index (χ3v) is 6.63. The van der Waals surface area contributed by atoms with Gasteiger partial charge < -0.3 is 10.1 Å². The average Bonchev–Trinajstić information content (AvgIpc) is 2.85. The van der Waals surface area contributed by atoms with Crippen LogP contribution in [0.2, 0.25) is 0 Å². The molecule has 0 spiro atoms. The van der Waals surface area contributed by atoms with Gasteiger partial charge in [0.15, 0.2) is 0 Å². The maximum atomic E-state index is 14.3. The normalized spacial score (nSPS) is 18.4. The van der Waals surface area contributed by atoms with Gasteiger partial charge in [-0.05, 0) is 55.0 Å². The van der Waals surface area contributed by atoms with Gasteiger partial charge in [-0.15, -0.1) is 0 Å². The molecular formula is C29H33FN2O2. The Balaban J connectivity index is 1.43. The van der Waals surface area contributed by atoms with Crippen LogP contribution in [-0.2, 0) is 17.8 Å². The topological polar surface area (TPSA) is 41.6 Å². The van der Waals surface area contributed by atoms with Crippen LogP contribution in [0, 0.1) is 18.7 Å². The zero-order valence-electron chi connectivity index (χ0n) is 20.0. The van der Waals surface area contributed by atoms with Crippen molar-refractivity contribution in [1.29, 1.82) is 0 Å². The van der Waals surface area contributed by atoms with Crippen molar-refractivity contribution in [1.82, 2.24) is 10.2 Å². The number of hydrogen-bond acceptors (Lipinski definition) is 3. The minimum absolute atomic E-state index is 0.0735. The number of benzene rings is 3. The molecule has 0 unspecified atom stereocenters. The van der Waals surface area contributed by atoms with E-state index < -0.39 is 0 Å². The quantitative estimate of drug-likeness (QED) is 0.508. The molecule has 34 heavy (non-hydrogen) atoms. The van der Waals surface area contributed by atoms with Gasteiger partial charge in [-0.2, -0.15) is 0 Å². The molecule has 5 heteroatoms. The third-order valence-electron chi connectivity index (χ3n) is 6.63. The number of hydrogen-bond donors (Lipinski definition) is 1. The molecule has 1 heterocycles. The summed E-state index contributed by atoms with van der Waals surface area (Å²) in [5, 5.41) is 3.14. The Morgan fingerprint density at radius 1 is 1.06 bits per heavy atom. The summed E-state index contributed by atoms with van der Waals surface area (Å²) in [6, 6.07) is 23.3. The van der Waals surface area contributed by atoms with Gasteiger partial charge >= 0.3 is 0 Å². The second kappa shape index (κ2) is 11.3. The first kappa shape index (κ1) is 24.0. The Bertz CT molecular complexity index is 1100. The van der Waals surface area contributed by atoms with Crippen LogP contribution >= 0.6 is 0 Å². The van der Waals surface area contributed by atoms with Crippen molar-refractivity contribution in [2.75, 3.05) is 26.7 Å². The van der Waals surface area contributed by atoms with Crippen LogP contribution in [-0.4, -0.2) is 37.6 Å². The molecule has 1 fully saturated rings. The van der Waals surface area contributed by atoms with Crippen molar-refractivity contribution in [3.05, 3.63) is 101 Å². The van der Waals surface area contributed by atoms with Crippen molar-refractivity contribution in [2.45, 2.75) is 32.2 Å². The van der Waals surface area contributed by atoms with Crippen LogP contribution in [0.15, 0.2) is 72.8 Å². The first-order chi connectivity index (χ1) is 16.5. The molecule has 1 amide bonds. The Hall–Kier alpha value is -3.18. The molecule has 0 aromatic heterocycles. The SMILES string of the molecule is COc1ccc(CCNC(=O)[C@H]2C[C@H](c3cccc(C)c3)CN(Cc3ccccc3F)C2)cc1. The van der Waals surface area contributed by atoms with E-state index >= 15 is 0 Å². The molecule has 0 aliphatic carbocycles. The minimum atomic E-state index is -0.194. The van der Waals surface area contributed by atoms with Gasteiger partial charge in [0.2, 0.25) is 5.91 Å². The number of amides is 1. The van der Waals surface area contributed by atoms with Crippen LogP contribution in [0.25, 0.3) is 0 Å². The van der Waals surface area contributed by atoms with Crippen molar-refractivity contribution in [3.63, 3.8) is 0 Å². The molecule has 0 bridgehead atoms. The second-order valence-corrected chi connectivity index (χ2v) is 9.22. The summed E-state index contributed by atoms with van der Waals surface area (Å²) >= 11 is 0. The molecule has 3 aromatic carbocycles. The predicted molar refractivity (Wildman–Crippen MR) is 133 cm³/mol. The van der Waals surface area contributed by atoms with Crippen LogP contribution < -0.4 is 10.1 Å². The molecular weight excluding hydrogens is 427 g/mol. The molecule has 178 valence electrons. The standard InChI is InChI=1S/C29H33FN2O2/c1-21-6-5-8-23(16-21)25-17-26(20-32(19-25)18-24-7-3-4-9-28(24)30)29(33)31-15-14-22-10-12-27(34-2)13-11-22/h3-13,16,25-26H,14-15,17-20H2,1-2H3,(H,31,33)/t25-,26-/m0/s1. The van der Waals surface area contributed by atoms with E-state index in [1.807, 2.05) is 36.4 Å². The van der Waals surface area contributed by atoms with Crippen LogP contribution in [0.5, 0.6) is 5.75 Å². The van der Waals surface area contributed by atoms with Gasteiger partial charge in [-0.25, -0.2) is 4.39 Å². The highest BCUT2D eigenvalue weighted by atomic mass is 19.1. The lowest BCUT2D eigenvalue weighted by Crippen LogP contribution is -2.45. The minimum Gasteiger partial charge on any atom is -0.497 e. The van der Waals surface area contributed by atoms with E-state index in [-0.39, 0.29) is 23.6 Å². The van der Waals surface area contributed by atoms with Gasteiger partial charge in [0.05, 0.1) is 13.0 Å². The summed E-state index contributed by atoms with van der Waals surface area (Å²) in [7, 11) is 1.65. The van der Waals surface area contributed by atoms with E-state index in [2.05, 4.69) is 41.4 Å². The Morgan fingerprint density at radius 2 is 1.85 bits per heavy atom. The molecule has 0 saturated carbocycles. The summed E-state index contributed by atoms with van der Waals surface area (Å²) in [4.78, 5) is 15.4. The first-order valence-electron chi connectivity index (χ1n) is 11.9. The number of methoxy groups -OCH3 is 1. The number of ether oxygens (including phenoxy) is 1. The lowest BCUT2D eigenvalue weighted by atomic mass is 9.83. The largest absolute Gasteiger partial charge is 0.497 e. The zero-order valence-corrected chi connectivity index (χ0v) is 20.0. The molecule has 1 saturated heterocycles. The van der Waals surface area contributed by atoms with E-state index in [0.29, 0.717) is 25.2 Å². The first-order valence-corrected chi connectivity index (χ1v) is 11.9. The van der Waals surface area contributed by atoms with Gasteiger partial charge in [0, 0.05) is 31.7 Å². The number of rotatable bonds is 8. The van der Waals surface area contributed by atoms with Gasteiger partial charge in [-0.1, -0.05) is 60.2 Å². The van der Waals surface area contributed by atoms with E-state index in [1.54, 1.807) is 13.2 Å². The summed E-state index contributed by atoms with van der Waals surface area (Å²) in [5.41, 5.74) is 4.29. The summed E-state index contributed by atoms with van der Waals surface area (Å²) in [6.45, 7) is 4.62. The van der Waals surface area contributed by atoms with Crippen molar-refractivity contribution in [3.8, 4) is 5.75 Å². The summed E-state index contributed by atoms with van der Waals surface area (Å²) in [5.74, 6) is 0.803. The average molecular weight is 461 g/mol. The molecule has 2 atom stereocenters. The maximum absolute atomic E-state index is 14.3. The van der Waals surface area contributed by atoms with Crippen molar-refractivity contribution in [2.24, 2.45) is 5.92 Å². The Kier molecular flexibility index (Phi) is 7.96. The summed E-state index contributed by atoms with van der Waals surface area (Å²) < 4.78 is 19.5. The lowest BCUT2D eigenvalue weighted by molar-refractivity contribution is -0.127. The third kappa shape index (κ3) is 6.23. The monoisotopic (exact) mass is 460 g/mol. The molecule has 1 aliphatic heterocycles. The second-order valence-electron chi connectivity index (χ2n) is 9.22. The molecule has 1 aliphatic rings. The van der Waals surface area contributed by atoms with E-state index in [9.17, 15) is 9.18 Å². The van der Waals surface area contributed by atoms with Gasteiger partial charge in [0.1, 0.15) is 11.6 Å². The molecule has 4 nitrogen and oxygen atoms in total. The fourth-order valence-corrected chi connectivity index (χ4v) is 4.81. The van der Waals surface area contributed by atoms with Crippen LogP contribution in [0.1, 0.15) is 34.6 Å². The number of likely N-dealkylation sites (tertiary alicyclic amines) is 1. The predicted octanol–water partition coefficient (Wildman–Crippen LogP) is 5.11. The molecule has 4 rings (SSSR count). The number of nitrogens with zero attached hydrogens (tertiary/aromatic N) is 1. The number of carbonyl (C=O) groups excluding carboxylic acids is 1. The van der Waals surface area contributed by atoms with Crippen LogP contribution in [0.4, 0.5) is 4.39 Å². The van der Waals surface area contributed by atoms with E-state index in [1.165, 1.54) is 17.2 Å². The van der Waals surface area contributed by atoms with Crippen LogP contribution in [0.3, 0.4) is 0 Å². The molecule has 0 radical (unpaired) electrons. The summed E-state index contributed by atoms with van der Waals surface area (Å²) in [6.07, 6.45) is 1.56. The van der Waals surface area contributed by atoms with E-state index in [0.717, 1.165) is 30.7 Å². The Morgan fingerprint density at radius 3 is 2.59 bits per heavy atom. The van der Waals surface area contributed by atoms with E-state index in [4.69, 9.17) is 4.74 Å². The Labute approximate surface area is 201 Å². The lowest BCUT2D eigenvalue weighted by Gasteiger charge is -2.37. The highest BCUT2D eigenvalue weighted by Crippen LogP contribution is 2.32. The fourth-order valence-electron chi connectivity index (χ4n) is 4.81. The number of nitrogens with one attached hydrogen (secondary N) is 1. The maximum Gasteiger partial charge on any atom is 0.224 e. The number of carbonyl (C=O) groups is 1. The molecule has 1 N–H and O–H groups in total.